The summed E-state index contributed by atoms with van der Waals surface area (Å²) in [6, 6.07) is 14.2. The molecule has 2 unspecified atom stereocenters. The van der Waals surface area contributed by atoms with E-state index in [-0.39, 0.29) is 11.9 Å². The number of carbonyl (C=O) groups is 1. The minimum atomic E-state index is -0.661. The van der Waals surface area contributed by atoms with Crippen LogP contribution in [0, 0.1) is 0 Å². The Hall–Kier alpha value is -2.57. The van der Waals surface area contributed by atoms with E-state index in [1.807, 2.05) is 20.8 Å². The van der Waals surface area contributed by atoms with Gasteiger partial charge in [0, 0.05) is 17.3 Å². The fourth-order valence-electron chi connectivity index (χ4n) is 2.44. The first-order valence-electron chi connectivity index (χ1n) is 9.14. The van der Waals surface area contributed by atoms with E-state index in [2.05, 4.69) is 10.6 Å². The standard InChI is InChI=1S/C21H28N2O4/c1-5-26-18-10-6-16(7-11-18)20(25)23-17-8-12-19(13-9-17)27-21(15(4)24)22-14(2)3/h6-15,21-22,24H,5H2,1-4H3,(H,23,25). The number of anilines is 1. The first-order chi connectivity index (χ1) is 12.9. The molecule has 2 aromatic carbocycles. The van der Waals surface area contributed by atoms with Crippen LogP contribution in [0.5, 0.6) is 11.5 Å². The first kappa shape index (κ1) is 20.7. The maximum absolute atomic E-state index is 12.3. The molecule has 2 rings (SSSR count). The van der Waals surface area contributed by atoms with Gasteiger partial charge >= 0.3 is 0 Å². The second-order valence-corrected chi connectivity index (χ2v) is 6.54. The third-order valence-corrected chi connectivity index (χ3v) is 3.74. The van der Waals surface area contributed by atoms with E-state index in [1.54, 1.807) is 55.5 Å². The summed E-state index contributed by atoms with van der Waals surface area (Å²) in [7, 11) is 0. The van der Waals surface area contributed by atoms with Gasteiger partial charge in [0.1, 0.15) is 17.6 Å². The number of rotatable bonds is 9. The summed E-state index contributed by atoms with van der Waals surface area (Å²) < 4.78 is 11.2. The van der Waals surface area contributed by atoms with Crippen molar-refractivity contribution in [3.63, 3.8) is 0 Å². The average molecular weight is 372 g/mol. The van der Waals surface area contributed by atoms with Crippen LogP contribution in [0.2, 0.25) is 0 Å². The Balaban J connectivity index is 1.97. The fourth-order valence-corrected chi connectivity index (χ4v) is 2.44. The predicted octanol–water partition coefficient (Wildman–Crippen LogP) is 3.42. The maximum Gasteiger partial charge on any atom is 0.255 e. The molecule has 0 radical (unpaired) electrons. The summed E-state index contributed by atoms with van der Waals surface area (Å²) >= 11 is 0. The minimum absolute atomic E-state index is 0.178. The number of carbonyl (C=O) groups excluding carboxylic acids is 1. The van der Waals surface area contributed by atoms with Gasteiger partial charge in [0.2, 0.25) is 0 Å². The van der Waals surface area contributed by atoms with Gasteiger partial charge in [0.15, 0.2) is 6.23 Å². The summed E-state index contributed by atoms with van der Waals surface area (Å²) in [5.74, 6) is 1.14. The van der Waals surface area contributed by atoms with Gasteiger partial charge < -0.3 is 19.9 Å². The van der Waals surface area contributed by atoms with Crippen molar-refractivity contribution >= 4 is 11.6 Å². The van der Waals surface area contributed by atoms with Crippen molar-refractivity contribution in [1.29, 1.82) is 0 Å². The number of aliphatic hydroxyl groups is 1. The monoisotopic (exact) mass is 372 g/mol. The lowest BCUT2D eigenvalue weighted by Gasteiger charge is -2.25. The number of nitrogens with one attached hydrogen (secondary N) is 2. The first-order valence-corrected chi connectivity index (χ1v) is 9.14. The quantitative estimate of drug-likeness (QED) is 0.588. The molecule has 0 aliphatic heterocycles. The lowest BCUT2D eigenvalue weighted by molar-refractivity contribution is 0.0218. The van der Waals surface area contributed by atoms with Crippen LogP contribution >= 0.6 is 0 Å². The zero-order chi connectivity index (χ0) is 19.8. The van der Waals surface area contributed by atoms with E-state index >= 15 is 0 Å². The van der Waals surface area contributed by atoms with Crippen molar-refractivity contribution in [2.45, 2.75) is 46.1 Å². The van der Waals surface area contributed by atoms with Crippen LogP contribution in [0.15, 0.2) is 48.5 Å². The highest BCUT2D eigenvalue weighted by Crippen LogP contribution is 2.19. The molecule has 0 spiro atoms. The molecule has 0 bridgehead atoms. The van der Waals surface area contributed by atoms with Crippen molar-refractivity contribution in [1.82, 2.24) is 5.32 Å². The third-order valence-electron chi connectivity index (χ3n) is 3.74. The maximum atomic E-state index is 12.3. The molecule has 146 valence electrons. The molecule has 2 aromatic rings. The Morgan fingerprint density at radius 1 is 1.00 bits per heavy atom. The van der Waals surface area contributed by atoms with Crippen molar-refractivity contribution in [3.05, 3.63) is 54.1 Å². The van der Waals surface area contributed by atoms with E-state index in [4.69, 9.17) is 9.47 Å². The second kappa shape index (κ2) is 9.94. The molecule has 0 saturated carbocycles. The Kier molecular flexibility index (Phi) is 7.64. The molecule has 0 aliphatic rings. The average Bonchev–Trinajstić information content (AvgIpc) is 2.63. The molecule has 6 heteroatoms. The van der Waals surface area contributed by atoms with Crippen LogP contribution in [-0.4, -0.2) is 36.0 Å². The molecule has 0 aliphatic carbocycles. The Labute approximate surface area is 160 Å². The number of amides is 1. The Morgan fingerprint density at radius 2 is 1.59 bits per heavy atom. The number of aliphatic hydroxyl groups excluding tert-OH is 1. The number of benzene rings is 2. The van der Waals surface area contributed by atoms with E-state index in [9.17, 15) is 9.90 Å². The van der Waals surface area contributed by atoms with Gasteiger partial charge in [0.25, 0.3) is 5.91 Å². The van der Waals surface area contributed by atoms with E-state index in [0.717, 1.165) is 5.75 Å². The number of hydrogen-bond acceptors (Lipinski definition) is 5. The van der Waals surface area contributed by atoms with Crippen molar-refractivity contribution in [2.75, 3.05) is 11.9 Å². The normalized spacial score (nSPS) is 13.1. The van der Waals surface area contributed by atoms with Crippen LogP contribution < -0.4 is 20.1 Å². The van der Waals surface area contributed by atoms with Crippen molar-refractivity contribution in [3.8, 4) is 11.5 Å². The van der Waals surface area contributed by atoms with Crippen LogP contribution in [-0.2, 0) is 0 Å². The molecule has 3 N–H and O–H groups in total. The summed E-state index contributed by atoms with van der Waals surface area (Å²) in [6.45, 7) is 8.14. The van der Waals surface area contributed by atoms with Gasteiger partial charge in [-0.2, -0.15) is 0 Å². The summed E-state index contributed by atoms with van der Waals surface area (Å²) in [4.78, 5) is 12.3. The molecule has 0 heterocycles. The molecule has 0 aromatic heterocycles. The van der Waals surface area contributed by atoms with Gasteiger partial charge in [-0.05, 0) is 76.2 Å². The van der Waals surface area contributed by atoms with Crippen LogP contribution in [0.4, 0.5) is 5.69 Å². The van der Waals surface area contributed by atoms with Crippen LogP contribution in [0.3, 0.4) is 0 Å². The zero-order valence-corrected chi connectivity index (χ0v) is 16.2. The van der Waals surface area contributed by atoms with E-state index < -0.39 is 12.3 Å². The highest BCUT2D eigenvalue weighted by molar-refractivity contribution is 6.04. The molecule has 1 amide bonds. The van der Waals surface area contributed by atoms with Crippen LogP contribution in [0.25, 0.3) is 0 Å². The van der Waals surface area contributed by atoms with Gasteiger partial charge in [-0.15, -0.1) is 0 Å². The van der Waals surface area contributed by atoms with E-state index in [1.165, 1.54) is 0 Å². The van der Waals surface area contributed by atoms with Crippen molar-refractivity contribution < 1.29 is 19.4 Å². The van der Waals surface area contributed by atoms with Gasteiger partial charge in [-0.25, -0.2) is 0 Å². The fraction of sp³-hybridized carbons (Fsp3) is 0.381. The van der Waals surface area contributed by atoms with E-state index in [0.29, 0.717) is 23.6 Å². The second-order valence-electron chi connectivity index (χ2n) is 6.54. The molecule has 2 atom stereocenters. The molecule has 27 heavy (non-hydrogen) atoms. The lowest BCUT2D eigenvalue weighted by atomic mass is 10.2. The van der Waals surface area contributed by atoms with Crippen molar-refractivity contribution in [2.24, 2.45) is 0 Å². The van der Waals surface area contributed by atoms with Crippen LogP contribution in [0.1, 0.15) is 38.1 Å². The summed E-state index contributed by atoms with van der Waals surface area (Å²) in [6.07, 6.45) is -1.17. The van der Waals surface area contributed by atoms with Gasteiger partial charge in [0.05, 0.1) is 6.61 Å². The van der Waals surface area contributed by atoms with Gasteiger partial charge in [-0.3, -0.25) is 10.1 Å². The molecule has 0 saturated heterocycles. The number of hydrogen-bond donors (Lipinski definition) is 3. The SMILES string of the molecule is CCOc1ccc(C(=O)Nc2ccc(OC(NC(C)C)C(C)O)cc2)cc1. The topological polar surface area (TPSA) is 79.8 Å². The van der Waals surface area contributed by atoms with Gasteiger partial charge in [-0.1, -0.05) is 0 Å². The highest BCUT2D eigenvalue weighted by Gasteiger charge is 2.17. The Bertz CT molecular complexity index is 712. The molecular weight excluding hydrogens is 344 g/mol. The summed E-state index contributed by atoms with van der Waals surface area (Å²) in [5.41, 5.74) is 1.21. The Morgan fingerprint density at radius 3 is 2.11 bits per heavy atom. The third kappa shape index (κ3) is 6.58. The molecule has 6 nitrogen and oxygen atoms in total. The predicted molar refractivity (Wildman–Crippen MR) is 106 cm³/mol. The number of ether oxygens (including phenoxy) is 2. The highest BCUT2D eigenvalue weighted by atomic mass is 16.5. The minimum Gasteiger partial charge on any atom is -0.494 e. The molecular formula is C21H28N2O4. The zero-order valence-electron chi connectivity index (χ0n) is 16.2. The lowest BCUT2D eigenvalue weighted by Crippen LogP contribution is -2.46. The largest absolute Gasteiger partial charge is 0.494 e. The smallest absolute Gasteiger partial charge is 0.255 e. The summed E-state index contributed by atoms with van der Waals surface area (Å²) in [5, 5.41) is 15.8. The molecule has 0 fully saturated rings.